The molecule has 0 saturated carbocycles. The molecule has 0 aliphatic carbocycles. The lowest BCUT2D eigenvalue weighted by atomic mass is 9.84. The van der Waals surface area contributed by atoms with Crippen molar-refractivity contribution in [3.63, 3.8) is 0 Å². The Kier molecular flexibility index (Phi) is 10.9. The van der Waals surface area contributed by atoms with Crippen molar-refractivity contribution in [3.8, 4) is 11.1 Å². The number of ether oxygens (including phenoxy) is 2. The predicted molar refractivity (Wildman–Crippen MR) is 199 cm³/mol. The molecule has 5 aromatic rings. The largest absolute Gasteiger partial charge is 0.392 e. The summed E-state index contributed by atoms with van der Waals surface area (Å²) in [5.74, 6) is -0.107. The zero-order chi connectivity index (χ0) is 35.2. The lowest BCUT2D eigenvalue weighted by Gasteiger charge is -2.42. The van der Waals surface area contributed by atoms with Crippen molar-refractivity contribution in [2.24, 2.45) is 0 Å². The molecule has 5 aromatic carbocycles. The molecule has 0 unspecified atom stereocenters. The van der Waals surface area contributed by atoms with E-state index in [1.54, 1.807) is 0 Å². The number of hydrogen-bond donors (Lipinski definition) is 3. The van der Waals surface area contributed by atoms with Crippen molar-refractivity contribution in [2.45, 2.75) is 56.5 Å². The maximum atomic E-state index is 12.7. The number of amides is 1. The number of nitrogens with zero attached hydrogens (tertiary/aromatic N) is 1. The number of aliphatic hydroxyl groups is 2. The zero-order valence-corrected chi connectivity index (χ0v) is 29.2. The SMILES string of the molecule is O=C(NCc1ccccc1-c1ccc([C@H]2O[C@@H](CN3CCC(O)(c4ccc(Cl)cc4)CC3)C[C@@H](c3ccc(CO)cc3)O2)cc1)c1ccccc1. The van der Waals surface area contributed by atoms with E-state index in [2.05, 4.69) is 40.5 Å². The second-order valence-electron chi connectivity index (χ2n) is 13.5. The molecule has 8 heteroatoms. The molecule has 3 atom stereocenters. The zero-order valence-electron chi connectivity index (χ0n) is 28.5. The van der Waals surface area contributed by atoms with Gasteiger partial charge in [0.2, 0.25) is 0 Å². The summed E-state index contributed by atoms with van der Waals surface area (Å²) in [6.07, 6.45) is 1.09. The topological polar surface area (TPSA) is 91.3 Å². The highest BCUT2D eigenvalue weighted by molar-refractivity contribution is 6.30. The molecule has 2 aliphatic heterocycles. The van der Waals surface area contributed by atoms with Crippen LogP contribution in [0.2, 0.25) is 5.02 Å². The predicted octanol–water partition coefficient (Wildman–Crippen LogP) is 7.96. The molecule has 1 amide bonds. The van der Waals surface area contributed by atoms with Crippen molar-refractivity contribution in [1.29, 1.82) is 0 Å². The van der Waals surface area contributed by atoms with Gasteiger partial charge in [-0.15, -0.1) is 0 Å². The summed E-state index contributed by atoms with van der Waals surface area (Å²) in [5, 5.41) is 24.8. The van der Waals surface area contributed by atoms with Crippen LogP contribution in [0.5, 0.6) is 0 Å². The molecule has 3 N–H and O–H groups in total. The number of hydrogen-bond acceptors (Lipinski definition) is 6. The van der Waals surface area contributed by atoms with E-state index in [1.807, 2.05) is 97.1 Å². The first-order valence-corrected chi connectivity index (χ1v) is 18.0. The molecule has 2 fully saturated rings. The molecule has 7 nitrogen and oxygen atoms in total. The van der Waals surface area contributed by atoms with Crippen molar-refractivity contribution in [2.75, 3.05) is 19.6 Å². The Bertz CT molecular complexity index is 1890. The Labute approximate surface area is 304 Å². The average molecular weight is 703 g/mol. The number of aliphatic hydroxyl groups excluding tert-OH is 1. The van der Waals surface area contributed by atoms with E-state index in [9.17, 15) is 15.0 Å². The van der Waals surface area contributed by atoms with Gasteiger partial charge in [-0.05, 0) is 70.5 Å². The summed E-state index contributed by atoms with van der Waals surface area (Å²) in [6.45, 7) is 2.63. The number of likely N-dealkylation sites (tertiary alicyclic amines) is 1. The van der Waals surface area contributed by atoms with E-state index >= 15 is 0 Å². The molecule has 2 heterocycles. The quantitative estimate of drug-likeness (QED) is 0.137. The van der Waals surface area contributed by atoms with Gasteiger partial charge in [0.1, 0.15) is 0 Å². The summed E-state index contributed by atoms with van der Waals surface area (Å²) >= 11 is 6.10. The van der Waals surface area contributed by atoms with Crippen LogP contribution in [0.3, 0.4) is 0 Å². The minimum Gasteiger partial charge on any atom is -0.392 e. The molecule has 2 aliphatic rings. The van der Waals surface area contributed by atoms with Crippen LogP contribution in [0.15, 0.2) is 127 Å². The van der Waals surface area contributed by atoms with E-state index in [0.717, 1.165) is 58.6 Å². The van der Waals surface area contributed by atoms with Crippen LogP contribution >= 0.6 is 11.6 Å². The number of rotatable bonds is 10. The van der Waals surface area contributed by atoms with Crippen molar-refractivity contribution in [1.82, 2.24) is 10.2 Å². The van der Waals surface area contributed by atoms with Gasteiger partial charge in [0.15, 0.2) is 6.29 Å². The van der Waals surface area contributed by atoms with Crippen molar-refractivity contribution in [3.05, 3.63) is 166 Å². The normalized spacial score (nSPS) is 20.5. The van der Waals surface area contributed by atoms with E-state index in [4.69, 9.17) is 21.1 Å². The molecule has 2 saturated heterocycles. The fourth-order valence-corrected chi connectivity index (χ4v) is 7.24. The van der Waals surface area contributed by atoms with Crippen LogP contribution in [0.4, 0.5) is 0 Å². The Balaban J connectivity index is 1.06. The van der Waals surface area contributed by atoms with Crippen molar-refractivity contribution >= 4 is 17.5 Å². The fourth-order valence-electron chi connectivity index (χ4n) is 7.12. The molecule has 0 spiro atoms. The number of nitrogens with one attached hydrogen (secondary N) is 1. The summed E-state index contributed by atoms with van der Waals surface area (Å²) in [6, 6.07) is 41.1. The molecule has 0 aromatic heterocycles. The number of benzene rings is 5. The van der Waals surface area contributed by atoms with E-state index in [0.29, 0.717) is 36.4 Å². The van der Waals surface area contributed by atoms with E-state index in [1.165, 1.54) is 0 Å². The number of carbonyl (C=O) groups is 1. The third-order valence-corrected chi connectivity index (χ3v) is 10.4. The minimum atomic E-state index is -0.870. The molecule has 262 valence electrons. The Morgan fingerprint density at radius 1 is 0.804 bits per heavy atom. The number of piperidine rings is 1. The first-order valence-electron chi connectivity index (χ1n) is 17.6. The van der Waals surface area contributed by atoms with Crippen LogP contribution in [-0.4, -0.2) is 46.8 Å². The van der Waals surface area contributed by atoms with Crippen LogP contribution < -0.4 is 5.32 Å². The standard InChI is InChI=1S/C43H43ClN2O5/c44-37-20-18-36(19-21-37)43(49)22-24-46(25-23-43)28-38-26-40(32-12-10-30(29-47)11-13-32)51-42(50-38)34-16-14-31(15-17-34)39-9-5-4-8-35(39)27-45-41(48)33-6-2-1-3-7-33/h1-21,38,40,42,47,49H,22-29H2,(H,45,48)/t38-,40+,42+/m1/s1. The third kappa shape index (κ3) is 8.42. The highest BCUT2D eigenvalue weighted by atomic mass is 35.5. The fraction of sp³-hybridized carbons (Fsp3) is 0.279. The summed E-state index contributed by atoms with van der Waals surface area (Å²) in [4.78, 5) is 15.1. The Morgan fingerprint density at radius 3 is 2.18 bits per heavy atom. The van der Waals surface area contributed by atoms with Gasteiger partial charge < -0.3 is 29.9 Å². The number of halogens is 1. The van der Waals surface area contributed by atoms with Crippen LogP contribution in [0, 0.1) is 0 Å². The summed E-state index contributed by atoms with van der Waals surface area (Å²) in [5.41, 5.74) is 6.60. The van der Waals surface area contributed by atoms with Gasteiger partial charge in [-0.3, -0.25) is 4.79 Å². The van der Waals surface area contributed by atoms with E-state index in [-0.39, 0.29) is 24.7 Å². The van der Waals surface area contributed by atoms with E-state index < -0.39 is 11.9 Å². The highest BCUT2D eigenvalue weighted by Gasteiger charge is 2.37. The third-order valence-electron chi connectivity index (χ3n) is 10.1. The lowest BCUT2D eigenvalue weighted by molar-refractivity contribution is -0.253. The van der Waals surface area contributed by atoms with Gasteiger partial charge in [-0.1, -0.05) is 115 Å². The number of carbonyl (C=O) groups excluding carboxylic acids is 1. The van der Waals surface area contributed by atoms with Gasteiger partial charge in [0.25, 0.3) is 5.91 Å². The second-order valence-corrected chi connectivity index (χ2v) is 14.0. The Hall–Kier alpha value is -4.34. The molecular formula is C43H43ClN2O5. The van der Waals surface area contributed by atoms with Crippen LogP contribution in [-0.2, 0) is 28.2 Å². The molecule has 0 radical (unpaired) electrons. The summed E-state index contributed by atoms with van der Waals surface area (Å²) < 4.78 is 13.3. The Morgan fingerprint density at radius 2 is 1.47 bits per heavy atom. The monoisotopic (exact) mass is 702 g/mol. The smallest absolute Gasteiger partial charge is 0.251 e. The van der Waals surface area contributed by atoms with Crippen LogP contribution in [0.1, 0.15) is 69.8 Å². The molecular weight excluding hydrogens is 660 g/mol. The maximum absolute atomic E-state index is 12.7. The average Bonchev–Trinajstić information content (AvgIpc) is 3.18. The van der Waals surface area contributed by atoms with Crippen LogP contribution in [0.25, 0.3) is 11.1 Å². The van der Waals surface area contributed by atoms with Gasteiger partial charge in [-0.2, -0.15) is 0 Å². The van der Waals surface area contributed by atoms with Gasteiger partial charge in [0.05, 0.1) is 24.4 Å². The van der Waals surface area contributed by atoms with Gasteiger partial charge >= 0.3 is 0 Å². The van der Waals surface area contributed by atoms with Crippen molar-refractivity contribution < 1.29 is 24.5 Å². The first kappa shape index (κ1) is 35.1. The van der Waals surface area contributed by atoms with Gasteiger partial charge in [0, 0.05) is 48.7 Å². The lowest BCUT2D eigenvalue weighted by Crippen LogP contribution is -2.46. The molecule has 7 rings (SSSR count). The molecule has 51 heavy (non-hydrogen) atoms. The minimum absolute atomic E-state index is 0.00757. The molecule has 0 bridgehead atoms. The highest BCUT2D eigenvalue weighted by Crippen LogP contribution is 2.40. The van der Waals surface area contributed by atoms with Gasteiger partial charge in [-0.25, -0.2) is 0 Å². The summed E-state index contributed by atoms with van der Waals surface area (Å²) in [7, 11) is 0. The first-order chi connectivity index (χ1) is 24.9. The second kappa shape index (κ2) is 15.9. The maximum Gasteiger partial charge on any atom is 0.251 e.